The highest BCUT2D eigenvalue weighted by Crippen LogP contribution is 2.41. The van der Waals surface area contributed by atoms with Crippen molar-refractivity contribution in [2.75, 3.05) is 13.2 Å². The molecule has 0 radical (unpaired) electrons. The lowest BCUT2D eigenvalue weighted by Gasteiger charge is -2.22. The number of benzene rings is 1. The summed E-state index contributed by atoms with van der Waals surface area (Å²) in [7, 11) is 0. The third-order valence-electron chi connectivity index (χ3n) is 2.33. The van der Waals surface area contributed by atoms with Gasteiger partial charge in [-0.15, -0.1) is 0 Å². The molecule has 1 heterocycles. The Morgan fingerprint density at radius 2 is 2.20 bits per heavy atom. The summed E-state index contributed by atoms with van der Waals surface area (Å²) in [6, 6.07) is 1.94. The number of fused-ring (bicyclic) bond motifs is 1. The van der Waals surface area contributed by atoms with Gasteiger partial charge >= 0.3 is 0 Å². The van der Waals surface area contributed by atoms with Gasteiger partial charge in [0.1, 0.15) is 13.2 Å². The van der Waals surface area contributed by atoms with E-state index in [-0.39, 0.29) is 0 Å². The highest BCUT2D eigenvalue weighted by molar-refractivity contribution is 9.10. The molecule has 1 aromatic rings. The predicted molar refractivity (Wildman–Crippen MR) is 58.8 cm³/mol. The monoisotopic (exact) mass is 273 g/mol. The fourth-order valence-electron chi connectivity index (χ4n) is 1.57. The van der Waals surface area contributed by atoms with Crippen molar-refractivity contribution in [1.82, 2.24) is 0 Å². The average Bonchev–Trinajstić information content (AvgIpc) is 2.24. The van der Waals surface area contributed by atoms with Crippen molar-refractivity contribution in [2.24, 2.45) is 5.90 Å². The second kappa shape index (κ2) is 4.38. The first-order valence-corrected chi connectivity index (χ1v) is 5.42. The zero-order valence-corrected chi connectivity index (χ0v) is 9.96. The normalized spacial score (nSPS) is 14.1. The lowest BCUT2D eigenvalue weighted by molar-refractivity contribution is 0.122. The molecule has 0 aliphatic carbocycles. The molecule has 15 heavy (non-hydrogen) atoms. The molecule has 0 bridgehead atoms. The Bertz CT molecular complexity index is 381. The number of ether oxygens (including phenoxy) is 2. The zero-order valence-electron chi connectivity index (χ0n) is 8.38. The minimum Gasteiger partial charge on any atom is -0.486 e. The van der Waals surface area contributed by atoms with Crippen LogP contribution in [0.1, 0.15) is 11.1 Å². The molecule has 0 fully saturated rings. The molecule has 0 spiro atoms. The Balaban J connectivity index is 2.49. The highest BCUT2D eigenvalue weighted by Gasteiger charge is 2.19. The van der Waals surface area contributed by atoms with Crippen LogP contribution in [0.3, 0.4) is 0 Å². The summed E-state index contributed by atoms with van der Waals surface area (Å²) in [5.41, 5.74) is 2.05. The summed E-state index contributed by atoms with van der Waals surface area (Å²) < 4.78 is 11.9. The predicted octanol–water partition coefficient (Wildman–Crippen LogP) is 1.92. The smallest absolute Gasteiger partial charge is 0.175 e. The molecular weight excluding hydrogens is 262 g/mol. The molecule has 5 heteroatoms. The minimum atomic E-state index is 0.350. The molecule has 2 rings (SSSR count). The van der Waals surface area contributed by atoms with Crippen molar-refractivity contribution in [1.29, 1.82) is 0 Å². The van der Waals surface area contributed by atoms with Crippen LogP contribution in [0.4, 0.5) is 0 Å². The van der Waals surface area contributed by atoms with E-state index in [0.717, 1.165) is 27.1 Å². The third kappa shape index (κ3) is 1.95. The Kier molecular flexibility index (Phi) is 3.14. The summed E-state index contributed by atoms with van der Waals surface area (Å²) in [4.78, 5) is 4.65. The van der Waals surface area contributed by atoms with Crippen molar-refractivity contribution in [3.63, 3.8) is 0 Å². The minimum absolute atomic E-state index is 0.350. The van der Waals surface area contributed by atoms with Crippen LogP contribution in [0.2, 0.25) is 0 Å². The van der Waals surface area contributed by atoms with Crippen molar-refractivity contribution in [3.05, 3.63) is 21.7 Å². The molecule has 0 unspecified atom stereocenters. The Morgan fingerprint density at radius 3 is 2.93 bits per heavy atom. The topological polar surface area (TPSA) is 53.7 Å². The van der Waals surface area contributed by atoms with Gasteiger partial charge in [0.25, 0.3) is 0 Å². The van der Waals surface area contributed by atoms with Crippen molar-refractivity contribution < 1.29 is 14.3 Å². The number of hydrogen-bond acceptors (Lipinski definition) is 4. The quantitative estimate of drug-likeness (QED) is 0.837. The van der Waals surface area contributed by atoms with Gasteiger partial charge in [-0.3, -0.25) is 4.84 Å². The Labute approximate surface area is 96.4 Å². The Morgan fingerprint density at radius 1 is 1.47 bits per heavy atom. The maximum absolute atomic E-state index is 5.53. The number of aryl methyl sites for hydroxylation is 1. The van der Waals surface area contributed by atoms with Gasteiger partial charge in [0.05, 0.1) is 11.1 Å². The summed E-state index contributed by atoms with van der Waals surface area (Å²) in [5.74, 6) is 6.59. The molecule has 0 saturated carbocycles. The summed E-state index contributed by atoms with van der Waals surface area (Å²) in [6.45, 7) is 3.49. The molecule has 0 amide bonds. The second-order valence-corrected chi connectivity index (χ2v) is 4.11. The zero-order chi connectivity index (χ0) is 10.8. The van der Waals surface area contributed by atoms with E-state index in [1.807, 2.05) is 13.0 Å². The van der Waals surface area contributed by atoms with Crippen LogP contribution >= 0.6 is 15.9 Å². The number of hydrogen-bond donors (Lipinski definition) is 1. The van der Waals surface area contributed by atoms with E-state index < -0.39 is 0 Å². The summed E-state index contributed by atoms with van der Waals surface area (Å²) >= 11 is 3.48. The molecule has 82 valence electrons. The van der Waals surface area contributed by atoms with Gasteiger partial charge in [0.15, 0.2) is 11.5 Å². The molecule has 4 nitrogen and oxygen atoms in total. The van der Waals surface area contributed by atoms with E-state index >= 15 is 0 Å². The van der Waals surface area contributed by atoms with Crippen molar-refractivity contribution in [2.45, 2.75) is 13.5 Å². The molecule has 1 aliphatic rings. The van der Waals surface area contributed by atoms with Gasteiger partial charge < -0.3 is 9.47 Å². The maximum Gasteiger partial charge on any atom is 0.175 e. The van der Waals surface area contributed by atoms with E-state index in [9.17, 15) is 0 Å². The van der Waals surface area contributed by atoms with Crippen LogP contribution < -0.4 is 15.4 Å². The fraction of sp³-hybridized carbons (Fsp3) is 0.400. The molecule has 0 atom stereocenters. The summed E-state index contributed by atoms with van der Waals surface area (Å²) in [5, 5.41) is 0. The largest absolute Gasteiger partial charge is 0.486 e. The van der Waals surface area contributed by atoms with E-state index in [1.165, 1.54) is 0 Å². The van der Waals surface area contributed by atoms with Gasteiger partial charge in [0, 0.05) is 5.56 Å². The molecule has 0 aromatic heterocycles. The van der Waals surface area contributed by atoms with Gasteiger partial charge in [-0.1, -0.05) is 0 Å². The van der Waals surface area contributed by atoms with Gasteiger partial charge in [-0.05, 0) is 34.5 Å². The molecule has 1 aliphatic heterocycles. The SMILES string of the molecule is Cc1cc2c(c(Br)c1CON)OCCO2. The fourth-order valence-corrected chi connectivity index (χ4v) is 2.30. The van der Waals surface area contributed by atoms with Crippen LogP contribution in [0.15, 0.2) is 10.5 Å². The van der Waals surface area contributed by atoms with Gasteiger partial charge in [-0.2, -0.15) is 0 Å². The first-order chi connectivity index (χ1) is 7.24. The van der Waals surface area contributed by atoms with Crippen LogP contribution in [0, 0.1) is 6.92 Å². The van der Waals surface area contributed by atoms with Crippen LogP contribution in [0.5, 0.6) is 11.5 Å². The van der Waals surface area contributed by atoms with Crippen LogP contribution in [-0.2, 0) is 11.4 Å². The first kappa shape index (κ1) is 10.7. The van der Waals surface area contributed by atoms with E-state index in [4.69, 9.17) is 15.4 Å². The molecule has 0 saturated heterocycles. The number of nitrogens with two attached hydrogens (primary N) is 1. The molecule has 1 aromatic carbocycles. The number of rotatable bonds is 2. The standard InChI is InChI=1S/C10H12BrNO3/c1-6-4-8-10(14-3-2-13-8)9(11)7(6)5-15-12/h4H,2-3,5,12H2,1H3. The average molecular weight is 274 g/mol. The van der Waals surface area contributed by atoms with E-state index in [0.29, 0.717) is 19.8 Å². The van der Waals surface area contributed by atoms with Crippen molar-refractivity contribution in [3.8, 4) is 11.5 Å². The first-order valence-electron chi connectivity index (χ1n) is 4.63. The van der Waals surface area contributed by atoms with Gasteiger partial charge in [-0.25, -0.2) is 5.90 Å². The lowest BCUT2D eigenvalue weighted by Crippen LogP contribution is -2.16. The molecular formula is C10H12BrNO3. The Hall–Kier alpha value is -0.780. The number of halogens is 1. The summed E-state index contributed by atoms with van der Waals surface area (Å²) in [6.07, 6.45) is 0. The van der Waals surface area contributed by atoms with E-state index in [1.54, 1.807) is 0 Å². The van der Waals surface area contributed by atoms with E-state index in [2.05, 4.69) is 20.8 Å². The lowest BCUT2D eigenvalue weighted by atomic mass is 10.1. The van der Waals surface area contributed by atoms with Gasteiger partial charge in [0.2, 0.25) is 0 Å². The maximum atomic E-state index is 5.53. The van der Waals surface area contributed by atoms with Crippen LogP contribution in [-0.4, -0.2) is 13.2 Å². The third-order valence-corrected chi connectivity index (χ3v) is 3.17. The van der Waals surface area contributed by atoms with Crippen LogP contribution in [0.25, 0.3) is 0 Å². The van der Waals surface area contributed by atoms with Crippen molar-refractivity contribution >= 4 is 15.9 Å². The second-order valence-electron chi connectivity index (χ2n) is 3.32. The molecule has 2 N–H and O–H groups in total. The highest BCUT2D eigenvalue weighted by atomic mass is 79.9.